The van der Waals surface area contributed by atoms with E-state index in [1.54, 1.807) is 11.8 Å². The van der Waals surface area contributed by atoms with Gasteiger partial charge in [-0.15, -0.1) is 10.2 Å². The first-order chi connectivity index (χ1) is 18.9. The number of aromatic nitrogens is 3. The van der Waals surface area contributed by atoms with Gasteiger partial charge in [0, 0.05) is 16.3 Å². The van der Waals surface area contributed by atoms with Crippen molar-refractivity contribution in [1.82, 2.24) is 20.1 Å². The van der Waals surface area contributed by atoms with E-state index >= 15 is 0 Å². The normalized spacial score (nSPS) is 11.8. The molecule has 196 valence electrons. The number of aryl methyl sites for hydroxylation is 2. The van der Waals surface area contributed by atoms with E-state index in [0.29, 0.717) is 16.4 Å². The van der Waals surface area contributed by atoms with E-state index in [0.717, 1.165) is 33.3 Å². The van der Waals surface area contributed by atoms with E-state index in [4.69, 9.17) is 11.6 Å². The van der Waals surface area contributed by atoms with Gasteiger partial charge in [0.15, 0.2) is 11.0 Å². The monoisotopic (exact) mass is 552 g/mol. The lowest BCUT2D eigenvalue weighted by molar-refractivity contribution is 0.0938. The smallest absolute Gasteiger partial charge is 0.251 e. The van der Waals surface area contributed by atoms with Gasteiger partial charge in [-0.3, -0.25) is 9.36 Å². The van der Waals surface area contributed by atoms with Gasteiger partial charge in [0.2, 0.25) is 0 Å². The summed E-state index contributed by atoms with van der Waals surface area (Å²) in [4.78, 5) is 13.2. The van der Waals surface area contributed by atoms with E-state index in [1.165, 1.54) is 11.1 Å². The number of hydrogen-bond acceptors (Lipinski definition) is 4. The molecule has 0 aliphatic rings. The summed E-state index contributed by atoms with van der Waals surface area (Å²) in [6, 6.07) is 31.5. The third-order valence-electron chi connectivity index (χ3n) is 6.51. The van der Waals surface area contributed by atoms with Crippen molar-refractivity contribution < 1.29 is 4.79 Å². The van der Waals surface area contributed by atoms with Crippen LogP contribution in [-0.4, -0.2) is 20.7 Å². The molecule has 1 unspecified atom stereocenters. The molecule has 0 aliphatic carbocycles. The molecule has 1 heterocycles. The summed E-state index contributed by atoms with van der Waals surface area (Å²) in [6.07, 6.45) is 0. The zero-order chi connectivity index (χ0) is 27.4. The molecular formula is C32H29ClN4OS. The number of nitrogens with one attached hydrogen (secondary N) is 1. The van der Waals surface area contributed by atoms with E-state index in [-0.39, 0.29) is 5.91 Å². The van der Waals surface area contributed by atoms with Crippen LogP contribution in [0.4, 0.5) is 0 Å². The van der Waals surface area contributed by atoms with Crippen LogP contribution in [0.25, 0.3) is 16.8 Å². The summed E-state index contributed by atoms with van der Waals surface area (Å²) in [5.41, 5.74) is 7.11. The SMILES string of the molecule is Cc1cccc(CSc2nnc(C(C)NC(=O)c3ccc(-c4ccccc4)cc3)n2-c2cc(Cl)ccc2C)c1. The van der Waals surface area contributed by atoms with Crippen molar-refractivity contribution in [1.29, 1.82) is 0 Å². The predicted molar refractivity (Wildman–Crippen MR) is 160 cm³/mol. The standard InChI is InChI=1S/C32H29ClN4OS/c1-21-8-7-9-24(18-21)20-39-32-36-35-30(37(32)29-19-28(33)17-12-22(29)2)23(3)34-31(38)27-15-13-26(14-16-27)25-10-5-4-6-11-25/h4-19,23H,20H2,1-3H3,(H,34,38). The minimum atomic E-state index is -0.398. The number of nitrogens with zero attached hydrogens (tertiary/aromatic N) is 3. The Kier molecular flexibility index (Phi) is 8.15. The first-order valence-corrected chi connectivity index (χ1v) is 14.1. The van der Waals surface area contributed by atoms with Crippen LogP contribution in [0.3, 0.4) is 0 Å². The average molecular weight is 553 g/mol. The van der Waals surface area contributed by atoms with Crippen molar-refractivity contribution in [2.45, 2.75) is 37.7 Å². The van der Waals surface area contributed by atoms with Crippen LogP contribution in [0, 0.1) is 13.8 Å². The number of carbonyl (C=O) groups excluding carboxylic acids is 1. The largest absolute Gasteiger partial charge is 0.342 e. The second kappa shape index (κ2) is 11.9. The molecule has 0 radical (unpaired) electrons. The highest BCUT2D eigenvalue weighted by molar-refractivity contribution is 7.98. The van der Waals surface area contributed by atoms with E-state index in [1.807, 2.05) is 79.1 Å². The van der Waals surface area contributed by atoms with Crippen molar-refractivity contribution >= 4 is 29.3 Å². The van der Waals surface area contributed by atoms with E-state index in [9.17, 15) is 4.79 Å². The minimum Gasteiger partial charge on any atom is -0.342 e. The number of hydrogen-bond donors (Lipinski definition) is 1. The van der Waals surface area contributed by atoms with Gasteiger partial charge in [0.05, 0.1) is 11.7 Å². The summed E-state index contributed by atoms with van der Waals surface area (Å²) in [5.74, 6) is 1.21. The molecule has 0 saturated heterocycles. The van der Waals surface area contributed by atoms with Gasteiger partial charge >= 0.3 is 0 Å². The molecule has 0 spiro atoms. The fourth-order valence-corrected chi connectivity index (χ4v) is 5.51. The quantitative estimate of drug-likeness (QED) is 0.198. The maximum absolute atomic E-state index is 13.2. The number of benzene rings is 4. The Labute approximate surface area is 238 Å². The van der Waals surface area contributed by atoms with Gasteiger partial charge in [0.25, 0.3) is 5.91 Å². The molecule has 0 aliphatic heterocycles. The van der Waals surface area contributed by atoms with Crippen LogP contribution in [0.2, 0.25) is 5.02 Å². The summed E-state index contributed by atoms with van der Waals surface area (Å²) in [7, 11) is 0. The molecule has 39 heavy (non-hydrogen) atoms. The van der Waals surface area contributed by atoms with E-state index < -0.39 is 6.04 Å². The highest BCUT2D eigenvalue weighted by Gasteiger charge is 2.23. The minimum absolute atomic E-state index is 0.173. The Hall–Kier alpha value is -3.87. The second-order valence-corrected chi connectivity index (χ2v) is 10.9. The van der Waals surface area contributed by atoms with Crippen LogP contribution >= 0.6 is 23.4 Å². The third-order valence-corrected chi connectivity index (χ3v) is 7.75. The highest BCUT2D eigenvalue weighted by Crippen LogP contribution is 2.31. The molecule has 5 aromatic rings. The maximum Gasteiger partial charge on any atom is 0.251 e. The van der Waals surface area contributed by atoms with Crippen molar-refractivity contribution in [2.24, 2.45) is 0 Å². The number of amides is 1. The molecule has 0 saturated carbocycles. The topological polar surface area (TPSA) is 59.8 Å². The molecule has 5 nitrogen and oxygen atoms in total. The predicted octanol–water partition coefficient (Wildman–Crippen LogP) is 7.99. The Balaban J connectivity index is 1.41. The Morgan fingerprint density at radius 2 is 1.64 bits per heavy atom. The number of halogens is 1. The van der Waals surface area contributed by atoms with Gasteiger partial charge < -0.3 is 5.32 Å². The maximum atomic E-state index is 13.2. The molecule has 1 atom stereocenters. The molecule has 1 N–H and O–H groups in total. The van der Waals surface area contributed by atoms with Crippen LogP contribution in [0.1, 0.15) is 45.8 Å². The van der Waals surface area contributed by atoms with Crippen LogP contribution in [0.15, 0.2) is 102 Å². The Bertz CT molecular complexity index is 1600. The molecular weight excluding hydrogens is 524 g/mol. The Morgan fingerprint density at radius 3 is 2.38 bits per heavy atom. The molecule has 7 heteroatoms. The van der Waals surface area contributed by atoms with Crippen molar-refractivity contribution in [3.05, 3.63) is 130 Å². The third kappa shape index (κ3) is 6.24. The average Bonchev–Trinajstić information content (AvgIpc) is 3.38. The fourth-order valence-electron chi connectivity index (χ4n) is 4.44. The van der Waals surface area contributed by atoms with Gasteiger partial charge in [-0.25, -0.2) is 0 Å². The van der Waals surface area contributed by atoms with Crippen molar-refractivity contribution in [3.8, 4) is 16.8 Å². The number of thioether (sulfide) groups is 1. The zero-order valence-corrected chi connectivity index (χ0v) is 23.6. The summed E-state index contributed by atoms with van der Waals surface area (Å²) in [6.45, 7) is 6.04. The second-order valence-electron chi connectivity index (χ2n) is 9.52. The lowest BCUT2D eigenvalue weighted by atomic mass is 10.0. The van der Waals surface area contributed by atoms with Crippen LogP contribution in [0.5, 0.6) is 0 Å². The molecule has 1 amide bonds. The fraction of sp³-hybridized carbons (Fsp3) is 0.156. The van der Waals surface area contributed by atoms with Crippen LogP contribution in [-0.2, 0) is 5.75 Å². The molecule has 4 aromatic carbocycles. The number of carbonyl (C=O) groups is 1. The highest BCUT2D eigenvalue weighted by atomic mass is 35.5. The van der Waals surface area contributed by atoms with Crippen LogP contribution < -0.4 is 5.32 Å². The number of rotatable bonds is 8. The van der Waals surface area contributed by atoms with Crippen molar-refractivity contribution in [3.63, 3.8) is 0 Å². The summed E-state index contributed by atoms with van der Waals surface area (Å²) < 4.78 is 2.01. The Morgan fingerprint density at radius 1 is 0.897 bits per heavy atom. The van der Waals surface area contributed by atoms with Gasteiger partial charge in [-0.1, -0.05) is 102 Å². The summed E-state index contributed by atoms with van der Waals surface area (Å²) in [5, 5.41) is 13.5. The van der Waals surface area contributed by atoms with Gasteiger partial charge in [0.1, 0.15) is 0 Å². The first kappa shape index (κ1) is 26.7. The lowest BCUT2D eigenvalue weighted by Gasteiger charge is -2.18. The zero-order valence-electron chi connectivity index (χ0n) is 22.1. The van der Waals surface area contributed by atoms with Gasteiger partial charge in [-0.2, -0.15) is 0 Å². The molecule has 5 rings (SSSR count). The first-order valence-electron chi connectivity index (χ1n) is 12.8. The van der Waals surface area contributed by atoms with Gasteiger partial charge in [-0.05, 0) is 67.3 Å². The molecule has 1 aromatic heterocycles. The van der Waals surface area contributed by atoms with E-state index in [2.05, 4.69) is 58.8 Å². The van der Waals surface area contributed by atoms with Crippen molar-refractivity contribution in [2.75, 3.05) is 0 Å². The summed E-state index contributed by atoms with van der Waals surface area (Å²) >= 11 is 8.00. The molecule has 0 fully saturated rings. The molecule has 0 bridgehead atoms. The lowest BCUT2D eigenvalue weighted by Crippen LogP contribution is -2.28.